The summed E-state index contributed by atoms with van der Waals surface area (Å²) in [6.07, 6.45) is 7.95. The van der Waals surface area contributed by atoms with Gasteiger partial charge >= 0.3 is 13.2 Å². The zero-order valence-corrected chi connectivity index (χ0v) is 23.8. The number of hydrogen-bond donors (Lipinski definition) is 1. The van der Waals surface area contributed by atoms with Crippen molar-refractivity contribution in [1.82, 2.24) is 10.2 Å². The quantitative estimate of drug-likeness (QED) is 0.557. The number of hydrogen-bond acceptors (Lipinski definition) is 6. The molecule has 1 aromatic rings. The molecule has 3 fully saturated rings. The standard InChI is InChI=1S/C30H41BN2O6/c1-29(2)30(3,4)39-31(38-29)24-12-10-20(11-13-24)22-8-9-23(19-22)25-7-6-16-33(25)27(34)26(32-28(35)36-5)21-14-17-37-18-15-21/h8-13,21,25-26H,6-7,14-19H2,1-5H3,(H,32,35). The number of likely N-dealkylation sites (tertiary alicyclic amines) is 1. The maximum atomic E-state index is 13.8. The predicted octanol–water partition coefficient (Wildman–Crippen LogP) is 3.84. The zero-order valence-electron chi connectivity index (χ0n) is 23.8. The first-order valence-corrected chi connectivity index (χ1v) is 14.2. The van der Waals surface area contributed by atoms with E-state index in [1.807, 2.05) is 4.90 Å². The fourth-order valence-electron chi connectivity index (χ4n) is 6.02. The van der Waals surface area contributed by atoms with E-state index in [0.717, 1.165) is 43.1 Å². The Balaban J connectivity index is 1.24. The molecule has 0 radical (unpaired) electrons. The van der Waals surface area contributed by atoms with Gasteiger partial charge in [-0.3, -0.25) is 4.79 Å². The molecule has 39 heavy (non-hydrogen) atoms. The lowest BCUT2D eigenvalue weighted by molar-refractivity contribution is -0.136. The Kier molecular flexibility index (Phi) is 7.95. The van der Waals surface area contributed by atoms with Crippen LogP contribution in [0.1, 0.15) is 65.4 Å². The number of amides is 2. The van der Waals surface area contributed by atoms with Crippen molar-refractivity contribution in [3.63, 3.8) is 0 Å². The van der Waals surface area contributed by atoms with Crippen molar-refractivity contribution in [3.8, 4) is 0 Å². The first-order valence-electron chi connectivity index (χ1n) is 14.2. The maximum Gasteiger partial charge on any atom is 0.494 e. The molecule has 2 atom stereocenters. The van der Waals surface area contributed by atoms with Gasteiger partial charge in [-0.2, -0.15) is 0 Å². The van der Waals surface area contributed by atoms with Crippen molar-refractivity contribution < 1.29 is 28.4 Å². The summed E-state index contributed by atoms with van der Waals surface area (Å²) in [5.74, 6) is 0.0243. The van der Waals surface area contributed by atoms with Crippen molar-refractivity contribution in [2.75, 3.05) is 26.9 Å². The molecule has 0 aromatic heterocycles. The van der Waals surface area contributed by atoms with Gasteiger partial charge in [0.2, 0.25) is 5.91 Å². The average Bonchev–Trinajstić information content (AvgIpc) is 3.65. The number of benzene rings is 1. The Morgan fingerprint density at radius 3 is 2.33 bits per heavy atom. The summed E-state index contributed by atoms with van der Waals surface area (Å²) >= 11 is 0. The van der Waals surface area contributed by atoms with Gasteiger partial charge in [-0.05, 0) is 87.9 Å². The van der Waals surface area contributed by atoms with E-state index < -0.39 is 12.1 Å². The molecule has 210 valence electrons. The lowest BCUT2D eigenvalue weighted by Gasteiger charge is -2.35. The Labute approximate surface area is 232 Å². The Morgan fingerprint density at radius 2 is 1.69 bits per heavy atom. The number of allylic oxidation sites excluding steroid dienone is 3. The van der Waals surface area contributed by atoms with Gasteiger partial charge in [0.1, 0.15) is 6.04 Å². The summed E-state index contributed by atoms with van der Waals surface area (Å²) in [6, 6.07) is 7.86. The molecule has 4 aliphatic rings. The third kappa shape index (κ3) is 5.67. The molecule has 2 amide bonds. The number of alkyl carbamates (subject to hydrolysis) is 1. The fourth-order valence-corrected chi connectivity index (χ4v) is 6.02. The van der Waals surface area contributed by atoms with Crippen LogP contribution in [-0.4, -0.2) is 74.2 Å². The zero-order chi connectivity index (χ0) is 27.8. The summed E-state index contributed by atoms with van der Waals surface area (Å²) < 4.78 is 22.8. The highest BCUT2D eigenvalue weighted by molar-refractivity contribution is 6.62. The second-order valence-electron chi connectivity index (χ2n) is 12.1. The summed E-state index contributed by atoms with van der Waals surface area (Å²) in [5, 5.41) is 2.84. The molecule has 0 bridgehead atoms. The number of nitrogens with one attached hydrogen (secondary N) is 1. The highest BCUT2D eigenvalue weighted by atomic mass is 16.7. The molecule has 3 heterocycles. The Morgan fingerprint density at radius 1 is 1.03 bits per heavy atom. The average molecular weight is 536 g/mol. The highest BCUT2D eigenvalue weighted by Crippen LogP contribution is 2.38. The second kappa shape index (κ2) is 11.1. The van der Waals surface area contributed by atoms with Crippen molar-refractivity contribution in [1.29, 1.82) is 0 Å². The maximum absolute atomic E-state index is 13.8. The van der Waals surface area contributed by atoms with E-state index in [1.165, 1.54) is 18.3 Å². The summed E-state index contributed by atoms with van der Waals surface area (Å²) in [7, 11) is 0.952. The smallest absolute Gasteiger partial charge is 0.453 e. The molecule has 8 nitrogen and oxygen atoms in total. The predicted molar refractivity (Wildman–Crippen MR) is 150 cm³/mol. The number of nitrogens with zero attached hydrogens (tertiary/aromatic N) is 1. The van der Waals surface area contributed by atoms with Crippen LogP contribution in [0.15, 0.2) is 42.0 Å². The number of rotatable bonds is 6. The van der Waals surface area contributed by atoms with Crippen molar-refractivity contribution in [2.24, 2.45) is 5.92 Å². The molecule has 0 saturated carbocycles. The van der Waals surface area contributed by atoms with E-state index in [-0.39, 0.29) is 36.2 Å². The number of methoxy groups -OCH3 is 1. The lowest BCUT2D eigenvalue weighted by atomic mass is 9.78. The van der Waals surface area contributed by atoms with E-state index >= 15 is 0 Å². The normalized spacial score (nSPS) is 25.3. The van der Waals surface area contributed by atoms with E-state index in [9.17, 15) is 9.59 Å². The largest absolute Gasteiger partial charge is 0.494 e. The minimum absolute atomic E-state index is 0.0177. The van der Waals surface area contributed by atoms with Gasteiger partial charge in [-0.25, -0.2) is 4.79 Å². The molecule has 1 aliphatic carbocycles. The van der Waals surface area contributed by atoms with Gasteiger partial charge < -0.3 is 29.0 Å². The van der Waals surface area contributed by atoms with Crippen molar-refractivity contribution in [3.05, 3.63) is 47.6 Å². The van der Waals surface area contributed by atoms with Crippen LogP contribution in [0.2, 0.25) is 0 Å². The third-order valence-electron chi connectivity index (χ3n) is 9.13. The molecule has 3 aliphatic heterocycles. The minimum atomic E-state index is -0.598. The number of carbonyl (C=O) groups is 2. The number of carbonyl (C=O) groups excluding carboxylic acids is 2. The van der Waals surface area contributed by atoms with Crippen LogP contribution in [0.3, 0.4) is 0 Å². The highest BCUT2D eigenvalue weighted by Gasteiger charge is 2.51. The van der Waals surface area contributed by atoms with E-state index in [2.05, 4.69) is 69.4 Å². The van der Waals surface area contributed by atoms with Crippen molar-refractivity contribution >= 4 is 30.2 Å². The SMILES string of the molecule is COC(=O)NC(C(=O)N1CCCC1C1=CC=C(c2ccc(B3OC(C)(C)C(C)(C)O3)cc2)C1)C1CCOCC1. The topological polar surface area (TPSA) is 86.3 Å². The molecule has 5 rings (SSSR count). The Hall–Kier alpha value is -2.62. The molecule has 1 N–H and O–H groups in total. The lowest BCUT2D eigenvalue weighted by Crippen LogP contribution is -2.54. The third-order valence-corrected chi connectivity index (χ3v) is 9.13. The van der Waals surface area contributed by atoms with Crippen LogP contribution in [0.25, 0.3) is 5.57 Å². The first-order chi connectivity index (χ1) is 18.6. The molecule has 3 saturated heterocycles. The van der Waals surface area contributed by atoms with Gasteiger partial charge in [0.15, 0.2) is 0 Å². The monoisotopic (exact) mass is 536 g/mol. The van der Waals surface area contributed by atoms with Gasteiger partial charge in [-0.15, -0.1) is 0 Å². The van der Waals surface area contributed by atoms with Crippen LogP contribution in [0, 0.1) is 5.92 Å². The van der Waals surface area contributed by atoms with Crippen LogP contribution in [0.5, 0.6) is 0 Å². The number of ether oxygens (including phenoxy) is 2. The van der Waals surface area contributed by atoms with E-state index in [0.29, 0.717) is 19.8 Å². The molecule has 0 spiro atoms. The van der Waals surface area contributed by atoms with Crippen LogP contribution in [0.4, 0.5) is 4.79 Å². The minimum Gasteiger partial charge on any atom is -0.453 e. The Bertz CT molecular complexity index is 1120. The van der Waals surface area contributed by atoms with E-state index in [1.54, 1.807) is 0 Å². The molecular formula is C30H41BN2O6. The molecular weight excluding hydrogens is 495 g/mol. The molecule has 2 unspecified atom stereocenters. The molecule has 1 aromatic carbocycles. The van der Waals surface area contributed by atoms with E-state index in [4.69, 9.17) is 18.8 Å². The van der Waals surface area contributed by atoms with Gasteiger partial charge in [0.25, 0.3) is 0 Å². The summed E-state index contributed by atoms with van der Waals surface area (Å²) in [4.78, 5) is 27.9. The van der Waals surface area contributed by atoms with Gasteiger partial charge in [0, 0.05) is 19.8 Å². The second-order valence-corrected chi connectivity index (χ2v) is 12.1. The van der Waals surface area contributed by atoms with Crippen LogP contribution in [-0.2, 0) is 23.6 Å². The molecule has 9 heteroatoms. The van der Waals surface area contributed by atoms with Gasteiger partial charge in [-0.1, -0.05) is 36.4 Å². The fraction of sp³-hybridized carbons (Fsp3) is 0.600. The first kappa shape index (κ1) is 27.9. The van der Waals surface area contributed by atoms with Crippen molar-refractivity contribution in [2.45, 2.75) is 83.1 Å². The van der Waals surface area contributed by atoms with Crippen LogP contribution < -0.4 is 10.8 Å². The summed E-state index contributed by atoms with van der Waals surface area (Å²) in [5.41, 5.74) is 3.90. The van der Waals surface area contributed by atoms with Crippen LogP contribution >= 0.6 is 0 Å². The van der Waals surface area contributed by atoms with Gasteiger partial charge in [0.05, 0.1) is 24.4 Å². The summed E-state index contributed by atoms with van der Waals surface area (Å²) in [6.45, 7) is 10.2.